The molecule has 0 saturated carbocycles. The Morgan fingerprint density at radius 1 is 1.18 bits per heavy atom. The topological polar surface area (TPSA) is 32.3 Å². The smallest absolute Gasteiger partial charge is 0.0632 e. The van der Waals surface area contributed by atoms with E-state index in [9.17, 15) is 5.11 Å². The largest absolute Gasteiger partial charge is 0.390 e. The third-order valence-corrected chi connectivity index (χ3v) is 3.11. The van der Waals surface area contributed by atoms with Gasteiger partial charge in [-0.2, -0.15) is 0 Å². The van der Waals surface area contributed by atoms with Crippen LogP contribution in [0, 0.1) is 0 Å². The van der Waals surface area contributed by atoms with Crippen molar-refractivity contribution in [3.05, 3.63) is 35.9 Å². The molecule has 0 aliphatic heterocycles. The third-order valence-electron chi connectivity index (χ3n) is 3.11. The summed E-state index contributed by atoms with van der Waals surface area (Å²) in [6.07, 6.45) is 3.80. The molecule has 2 N–H and O–H groups in total. The van der Waals surface area contributed by atoms with Gasteiger partial charge in [-0.3, -0.25) is 0 Å². The van der Waals surface area contributed by atoms with E-state index in [0.29, 0.717) is 0 Å². The molecule has 1 aromatic carbocycles. The SMILES string of the molecule is CCNCCC(C)(O)CCCc1ccccc1. The summed E-state index contributed by atoms with van der Waals surface area (Å²) in [6.45, 7) is 5.90. The third kappa shape index (κ3) is 6.44. The van der Waals surface area contributed by atoms with Crippen LogP contribution in [0.5, 0.6) is 0 Å². The normalized spacial score (nSPS) is 14.5. The Morgan fingerprint density at radius 2 is 1.88 bits per heavy atom. The van der Waals surface area contributed by atoms with Gasteiger partial charge in [0.2, 0.25) is 0 Å². The van der Waals surface area contributed by atoms with Crippen LogP contribution in [0.3, 0.4) is 0 Å². The molecule has 0 amide bonds. The molecular formula is C15H25NO. The second-order valence-electron chi connectivity index (χ2n) is 4.94. The van der Waals surface area contributed by atoms with Crippen molar-refractivity contribution < 1.29 is 5.11 Å². The summed E-state index contributed by atoms with van der Waals surface area (Å²) < 4.78 is 0. The van der Waals surface area contributed by atoms with Crippen LogP contribution in [-0.4, -0.2) is 23.8 Å². The number of nitrogens with one attached hydrogen (secondary N) is 1. The fourth-order valence-electron chi connectivity index (χ4n) is 1.98. The highest BCUT2D eigenvalue weighted by Crippen LogP contribution is 2.17. The highest BCUT2D eigenvalue weighted by molar-refractivity contribution is 5.14. The summed E-state index contributed by atoms with van der Waals surface area (Å²) in [5, 5.41) is 13.4. The monoisotopic (exact) mass is 235 g/mol. The summed E-state index contributed by atoms with van der Waals surface area (Å²) >= 11 is 0. The van der Waals surface area contributed by atoms with Crippen LogP contribution in [0.25, 0.3) is 0 Å². The first kappa shape index (κ1) is 14.2. The van der Waals surface area contributed by atoms with Gasteiger partial charge in [0.1, 0.15) is 0 Å². The first-order chi connectivity index (χ1) is 8.14. The molecule has 17 heavy (non-hydrogen) atoms. The van der Waals surface area contributed by atoms with Gasteiger partial charge in [0.15, 0.2) is 0 Å². The van der Waals surface area contributed by atoms with E-state index in [1.807, 2.05) is 13.0 Å². The van der Waals surface area contributed by atoms with E-state index in [2.05, 4.69) is 36.5 Å². The Kier molecular flexibility index (Phi) is 6.23. The highest BCUT2D eigenvalue weighted by atomic mass is 16.3. The van der Waals surface area contributed by atoms with Gasteiger partial charge in [-0.25, -0.2) is 0 Å². The van der Waals surface area contributed by atoms with Gasteiger partial charge in [-0.05, 0) is 51.3 Å². The molecule has 0 saturated heterocycles. The average molecular weight is 235 g/mol. The number of benzene rings is 1. The minimum Gasteiger partial charge on any atom is -0.390 e. The number of aryl methyl sites for hydroxylation is 1. The minimum absolute atomic E-state index is 0.531. The predicted octanol–water partition coefficient (Wildman–Crippen LogP) is 2.76. The molecular weight excluding hydrogens is 210 g/mol. The van der Waals surface area contributed by atoms with Crippen LogP contribution in [0.15, 0.2) is 30.3 Å². The van der Waals surface area contributed by atoms with Crippen LogP contribution >= 0.6 is 0 Å². The quantitative estimate of drug-likeness (QED) is 0.679. The molecule has 1 rings (SSSR count). The standard InChI is InChI=1S/C15H25NO/c1-3-16-13-12-15(2,17)11-7-10-14-8-5-4-6-9-14/h4-6,8-9,16-17H,3,7,10-13H2,1-2H3. The van der Waals surface area contributed by atoms with Gasteiger partial charge < -0.3 is 10.4 Å². The molecule has 96 valence electrons. The molecule has 0 aliphatic carbocycles. The Morgan fingerprint density at radius 3 is 2.53 bits per heavy atom. The predicted molar refractivity (Wildman–Crippen MR) is 73.2 cm³/mol. The molecule has 2 nitrogen and oxygen atoms in total. The van der Waals surface area contributed by atoms with Crippen LogP contribution in [-0.2, 0) is 6.42 Å². The van der Waals surface area contributed by atoms with Crippen molar-refractivity contribution in [2.24, 2.45) is 0 Å². The maximum absolute atomic E-state index is 10.2. The average Bonchev–Trinajstić information content (AvgIpc) is 2.30. The van der Waals surface area contributed by atoms with Gasteiger partial charge in [-0.15, -0.1) is 0 Å². The highest BCUT2D eigenvalue weighted by Gasteiger charge is 2.18. The lowest BCUT2D eigenvalue weighted by atomic mass is 9.94. The van der Waals surface area contributed by atoms with E-state index in [-0.39, 0.29) is 0 Å². The molecule has 0 spiro atoms. The zero-order chi connectivity index (χ0) is 12.6. The van der Waals surface area contributed by atoms with Crippen LogP contribution in [0.4, 0.5) is 0 Å². The zero-order valence-corrected chi connectivity index (χ0v) is 11.1. The molecule has 1 aromatic rings. The van der Waals surface area contributed by atoms with E-state index < -0.39 is 5.60 Å². The fourth-order valence-corrected chi connectivity index (χ4v) is 1.98. The van der Waals surface area contributed by atoms with Crippen molar-refractivity contribution in [2.45, 2.75) is 45.1 Å². The van der Waals surface area contributed by atoms with Crippen molar-refractivity contribution in [2.75, 3.05) is 13.1 Å². The Balaban J connectivity index is 2.20. The van der Waals surface area contributed by atoms with E-state index in [4.69, 9.17) is 0 Å². The van der Waals surface area contributed by atoms with Gasteiger partial charge in [0, 0.05) is 0 Å². The molecule has 0 bridgehead atoms. The summed E-state index contributed by atoms with van der Waals surface area (Å²) in [7, 11) is 0. The Hall–Kier alpha value is -0.860. The zero-order valence-electron chi connectivity index (χ0n) is 11.1. The summed E-state index contributed by atoms with van der Waals surface area (Å²) in [4.78, 5) is 0. The maximum Gasteiger partial charge on any atom is 0.0632 e. The first-order valence-corrected chi connectivity index (χ1v) is 6.61. The molecule has 0 radical (unpaired) electrons. The van der Waals surface area contributed by atoms with Gasteiger partial charge >= 0.3 is 0 Å². The van der Waals surface area contributed by atoms with Crippen LogP contribution < -0.4 is 5.32 Å². The van der Waals surface area contributed by atoms with Crippen molar-refractivity contribution in [1.82, 2.24) is 5.32 Å². The lowest BCUT2D eigenvalue weighted by molar-refractivity contribution is 0.0405. The minimum atomic E-state index is -0.531. The van der Waals surface area contributed by atoms with Gasteiger partial charge in [0.05, 0.1) is 5.60 Å². The van der Waals surface area contributed by atoms with Crippen molar-refractivity contribution in [1.29, 1.82) is 0 Å². The van der Waals surface area contributed by atoms with Crippen molar-refractivity contribution in [3.63, 3.8) is 0 Å². The van der Waals surface area contributed by atoms with Crippen molar-refractivity contribution >= 4 is 0 Å². The molecule has 0 aromatic heterocycles. The second kappa shape index (κ2) is 7.46. The number of rotatable bonds is 8. The van der Waals surface area contributed by atoms with Crippen LogP contribution in [0.1, 0.15) is 38.7 Å². The van der Waals surface area contributed by atoms with E-state index in [0.717, 1.165) is 38.8 Å². The van der Waals surface area contributed by atoms with E-state index >= 15 is 0 Å². The van der Waals surface area contributed by atoms with Crippen molar-refractivity contribution in [3.8, 4) is 0 Å². The van der Waals surface area contributed by atoms with E-state index in [1.165, 1.54) is 5.56 Å². The Bertz CT molecular complexity index is 295. The molecule has 2 heteroatoms. The number of hydrogen-bond donors (Lipinski definition) is 2. The molecule has 1 unspecified atom stereocenters. The lowest BCUT2D eigenvalue weighted by Crippen LogP contribution is -2.30. The second-order valence-corrected chi connectivity index (χ2v) is 4.94. The van der Waals surface area contributed by atoms with Gasteiger partial charge in [-0.1, -0.05) is 37.3 Å². The van der Waals surface area contributed by atoms with E-state index in [1.54, 1.807) is 0 Å². The number of aliphatic hydroxyl groups is 1. The Labute approximate surface area is 105 Å². The molecule has 0 heterocycles. The van der Waals surface area contributed by atoms with Crippen LogP contribution in [0.2, 0.25) is 0 Å². The molecule has 0 fully saturated rings. The summed E-state index contributed by atoms with van der Waals surface area (Å²) in [6, 6.07) is 10.5. The summed E-state index contributed by atoms with van der Waals surface area (Å²) in [5.41, 5.74) is 0.826. The molecule has 1 atom stereocenters. The first-order valence-electron chi connectivity index (χ1n) is 6.61. The van der Waals surface area contributed by atoms with Gasteiger partial charge in [0.25, 0.3) is 0 Å². The fraction of sp³-hybridized carbons (Fsp3) is 0.600. The summed E-state index contributed by atoms with van der Waals surface area (Å²) in [5.74, 6) is 0. The lowest BCUT2D eigenvalue weighted by Gasteiger charge is -2.23. The number of hydrogen-bond acceptors (Lipinski definition) is 2. The molecule has 0 aliphatic rings. The maximum atomic E-state index is 10.2.